The van der Waals surface area contributed by atoms with Crippen molar-refractivity contribution in [3.63, 3.8) is 0 Å². The van der Waals surface area contributed by atoms with Crippen LogP contribution < -0.4 is 9.64 Å². The predicted octanol–water partition coefficient (Wildman–Crippen LogP) is 5.15. The molecule has 37 heavy (non-hydrogen) atoms. The fraction of sp³-hybridized carbons (Fsp3) is 0.536. The molecule has 0 amide bonds. The van der Waals surface area contributed by atoms with Gasteiger partial charge in [-0.3, -0.25) is 4.90 Å². The van der Waals surface area contributed by atoms with Crippen molar-refractivity contribution in [2.24, 2.45) is 0 Å². The van der Waals surface area contributed by atoms with Crippen molar-refractivity contribution in [3.8, 4) is 11.8 Å². The van der Waals surface area contributed by atoms with Gasteiger partial charge in [0.25, 0.3) is 0 Å². The van der Waals surface area contributed by atoms with Gasteiger partial charge in [-0.2, -0.15) is 18.4 Å². The summed E-state index contributed by atoms with van der Waals surface area (Å²) in [5.41, 5.74) is 0.379. The molecular weight excluding hydrogens is 483 g/mol. The fourth-order valence-electron chi connectivity index (χ4n) is 4.64. The van der Waals surface area contributed by atoms with Crippen LogP contribution in [0.4, 0.5) is 18.9 Å². The number of likely N-dealkylation sites (N-methyl/N-ethyl adjacent to an activating group) is 1. The zero-order chi connectivity index (χ0) is 27.1. The van der Waals surface area contributed by atoms with Crippen LogP contribution in [0.5, 0.6) is 5.75 Å². The molecule has 0 atom stereocenters. The SMILES string of the molecule is CCN(CCOC)Cc1ccc(OCCC2(O)CCN(c3ccc(C#N)c(C(F)(F)F)c3)CC2)c(C)c1. The first-order chi connectivity index (χ1) is 17.6. The van der Waals surface area contributed by atoms with Crippen molar-refractivity contribution in [1.82, 2.24) is 4.90 Å². The van der Waals surface area contributed by atoms with Crippen LogP contribution in [0.3, 0.4) is 0 Å². The lowest BCUT2D eigenvalue weighted by Crippen LogP contribution is -2.45. The number of ether oxygens (including phenoxy) is 2. The molecule has 1 fully saturated rings. The minimum Gasteiger partial charge on any atom is -0.493 e. The number of nitriles is 1. The Bertz CT molecular complexity index is 1080. The first-order valence-electron chi connectivity index (χ1n) is 12.6. The molecule has 1 saturated heterocycles. The highest BCUT2D eigenvalue weighted by Gasteiger charge is 2.36. The highest BCUT2D eigenvalue weighted by atomic mass is 19.4. The Labute approximate surface area is 217 Å². The Balaban J connectivity index is 1.52. The molecular formula is C28H36F3N3O3. The van der Waals surface area contributed by atoms with Gasteiger partial charge in [0.1, 0.15) is 5.75 Å². The van der Waals surface area contributed by atoms with E-state index in [0.29, 0.717) is 51.3 Å². The molecule has 0 bridgehead atoms. The number of aryl methyl sites for hydroxylation is 1. The quantitative estimate of drug-likeness (QED) is 0.443. The lowest BCUT2D eigenvalue weighted by atomic mass is 9.88. The molecule has 202 valence electrons. The molecule has 0 saturated carbocycles. The van der Waals surface area contributed by atoms with E-state index in [9.17, 15) is 18.3 Å². The van der Waals surface area contributed by atoms with Crippen molar-refractivity contribution >= 4 is 5.69 Å². The molecule has 0 radical (unpaired) electrons. The van der Waals surface area contributed by atoms with E-state index in [0.717, 1.165) is 37.0 Å². The summed E-state index contributed by atoms with van der Waals surface area (Å²) in [6.45, 7) is 8.65. The molecule has 3 rings (SSSR count). The Morgan fingerprint density at radius 2 is 1.86 bits per heavy atom. The number of piperidine rings is 1. The van der Waals surface area contributed by atoms with Crippen LogP contribution in [-0.2, 0) is 17.5 Å². The molecule has 0 aliphatic carbocycles. The van der Waals surface area contributed by atoms with E-state index in [1.165, 1.54) is 17.7 Å². The van der Waals surface area contributed by atoms with Crippen molar-refractivity contribution in [3.05, 3.63) is 58.7 Å². The number of aliphatic hydroxyl groups is 1. The van der Waals surface area contributed by atoms with Gasteiger partial charge in [-0.15, -0.1) is 0 Å². The van der Waals surface area contributed by atoms with Crippen molar-refractivity contribution < 1.29 is 27.8 Å². The summed E-state index contributed by atoms with van der Waals surface area (Å²) in [7, 11) is 1.70. The Hall–Kier alpha value is -2.80. The minimum atomic E-state index is -4.59. The summed E-state index contributed by atoms with van der Waals surface area (Å²) in [6, 6.07) is 11.5. The van der Waals surface area contributed by atoms with E-state index in [2.05, 4.69) is 24.0 Å². The molecule has 1 heterocycles. The average Bonchev–Trinajstić information content (AvgIpc) is 2.87. The zero-order valence-electron chi connectivity index (χ0n) is 21.8. The number of hydrogen-bond acceptors (Lipinski definition) is 6. The summed E-state index contributed by atoms with van der Waals surface area (Å²) in [5.74, 6) is 0.780. The predicted molar refractivity (Wildman–Crippen MR) is 137 cm³/mol. The van der Waals surface area contributed by atoms with Gasteiger partial charge < -0.3 is 19.5 Å². The maximum absolute atomic E-state index is 13.3. The molecule has 2 aromatic rings. The van der Waals surface area contributed by atoms with E-state index in [-0.39, 0.29) is 5.56 Å². The fourth-order valence-corrected chi connectivity index (χ4v) is 4.64. The van der Waals surface area contributed by atoms with Gasteiger partial charge >= 0.3 is 6.18 Å². The first kappa shape index (κ1) is 28.8. The third-order valence-electron chi connectivity index (χ3n) is 7.02. The van der Waals surface area contributed by atoms with Crippen LogP contribution >= 0.6 is 0 Å². The Morgan fingerprint density at radius 3 is 2.46 bits per heavy atom. The van der Waals surface area contributed by atoms with E-state index < -0.39 is 17.3 Å². The first-order valence-corrected chi connectivity index (χ1v) is 12.6. The van der Waals surface area contributed by atoms with Gasteiger partial charge in [0.15, 0.2) is 0 Å². The molecule has 0 spiro atoms. The van der Waals surface area contributed by atoms with Gasteiger partial charge in [-0.25, -0.2) is 0 Å². The van der Waals surface area contributed by atoms with Gasteiger partial charge in [-0.1, -0.05) is 19.1 Å². The van der Waals surface area contributed by atoms with Gasteiger partial charge in [-0.05, 0) is 61.7 Å². The standard InChI is InChI=1S/C28H36F3N3O3/c1-4-33(14-16-36-3)20-22-5-8-26(21(2)17-22)37-15-11-27(35)9-12-34(13-10-27)24-7-6-23(19-32)25(18-24)28(29,30)31/h5-8,17-18,35H,4,9-16,20H2,1-3H3. The summed E-state index contributed by atoms with van der Waals surface area (Å²) in [4.78, 5) is 4.13. The highest BCUT2D eigenvalue weighted by Crippen LogP contribution is 2.36. The van der Waals surface area contributed by atoms with E-state index >= 15 is 0 Å². The Kier molecular flexibility index (Phi) is 9.82. The maximum atomic E-state index is 13.3. The number of nitrogens with zero attached hydrogens (tertiary/aromatic N) is 3. The van der Waals surface area contributed by atoms with Crippen LogP contribution in [0.1, 0.15) is 48.4 Å². The summed E-state index contributed by atoms with van der Waals surface area (Å²) >= 11 is 0. The largest absolute Gasteiger partial charge is 0.493 e. The van der Waals surface area contributed by atoms with Crippen LogP contribution in [-0.4, -0.2) is 62.1 Å². The number of anilines is 1. The second-order valence-electron chi connectivity index (χ2n) is 9.61. The zero-order valence-corrected chi connectivity index (χ0v) is 21.8. The molecule has 6 nitrogen and oxygen atoms in total. The molecule has 1 aliphatic rings. The summed E-state index contributed by atoms with van der Waals surface area (Å²) < 4.78 is 51.1. The lowest BCUT2D eigenvalue weighted by Gasteiger charge is -2.39. The third kappa shape index (κ3) is 7.84. The molecule has 0 aromatic heterocycles. The molecule has 1 N–H and O–H groups in total. The van der Waals surface area contributed by atoms with Gasteiger partial charge in [0, 0.05) is 45.4 Å². The second kappa shape index (κ2) is 12.6. The van der Waals surface area contributed by atoms with Crippen molar-refractivity contribution in [2.45, 2.75) is 51.4 Å². The van der Waals surface area contributed by atoms with Gasteiger partial charge in [0.2, 0.25) is 0 Å². The number of benzene rings is 2. The van der Waals surface area contributed by atoms with Crippen LogP contribution in [0.25, 0.3) is 0 Å². The smallest absolute Gasteiger partial charge is 0.417 e. The molecule has 1 aliphatic heterocycles. The topological polar surface area (TPSA) is 69.0 Å². The number of rotatable bonds is 11. The lowest BCUT2D eigenvalue weighted by molar-refractivity contribution is -0.137. The summed E-state index contributed by atoms with van der Waals surface area (Å²) in [6.07, 6.45) is -3.32. The second-order valence-corrected chi connectivity index (χ2v) is 9.61. The number of methoxy groups -OCH3 is 1. The molecule has 0 unspecified atom stereocenters. The molecule has 2 aromatic carbocycles. The monoisotopic (exact) mass is 519 g/mol. The number of alkyl halides is 3. The van der Waals surface area contributed by atoms with E-state index in [1.54, 1.807) is 13.2 Å². The summed E-state index contributed by atoms with van der Waals surface area (Å²) in [5, 5.41) is 20.1. The van der Waals surface area contributed by atoms with Crippen molar-refractivity contribution in [2.75, 3.05) is 51.4 Å². The van der Waals surface area contributed by atoms with Gasteiger partial charge in [0.05, 0.1) is 36.0 Å². The van der Waals surface area contributed by atoms with E-state index in [4.69, 9.17) is 14.7 Å². The van der Waals surface area contributed by atoms with E-state index in [1.807, 2.05) is 17.9 Å². The third-order valence-corrected chi connectivity index (χ3v) is 7.02. The van der Waals surface area contributed by atoms with Crippen molar-refractivity contribution in [1.29, 1.82) is 5.26 Å². The normalized spacial score (nSPS) is 15.6. The highest BCUT2D eigenvalue weighted by molar-refractivity contribution is 5.55. The van der Waals surface area contributed by atoms with Crippen LogP contribution in [0.2, 0.25) is 0 Å². The molecule has 9 heteroatoms. The maximum Gasteiger partial charge on any atom is 0.417 e. The number of hydrogen-bond donors (Lipinski definition) is 1. The Morgan fingerprint density at radius 1 is 1.14 bits per heavy atom. The van der Waals surface area contributed by atoms with Crippen LogP contribution in [0.15, 0.2) is 36.4 Å². The number of halogens is 3. The minimum absolute atomic E-state index is 0.348. The van der Waals surface area contributed by atoms with Crippen LogP contribution in [0, 0.1) is 18.3 Å². The average molecular weight is 520 g/mol.